The topological polar surface area (TPSA) is 69.3 Å². The minimum Gasteiger partial charge on any atom is -0.493 e. The first kappa shape index (κ1) is 16.8. The number of hydrogen-bond acceptors (Lipinski definition) is 5. The Balaban J connectivity index is 1.80. The van der Waals surface area contributed by atoms with Crippen molar-refractivity contribution in [2.75, 3.05) is 44.7 Å². The van der Waals surface area contributed by atoms with E-state index in [1.54, 1.807) is 51.6 Å². The van der Waals surface area contributed by atoms with E-state index >= 15 is 0 Å². The van der Waals surface area contributed by atoms with E-state index < -0.39 is 0 Å². The maximum absolute atomic E-state index is 12.6. The van der Waals surface area contributed by atoms with Gasteiger partial charge in [0, 0.05) is 18.8 Å². The maximum atomic E-state index is 12.6. The van der Waals surface area contributed by atoms with Gasteiger partial charge in [-0.3, -0.25) is 4.90 Å². The Labute approximate surface area is 146 Å². The molecule has 132 valence electrons. The number of nitrogens with one attached hydrogen (secondary N) is 1. The van der Waals surface area contributed by atoms with Gasteiger partial charge in [-0.2, -0.15) is 0 Å². The lowest BCUT2D eigenvalue weighted by molar-refractivity contribution is 0.172. The second-order valence-corrected chi connectivity index (χ2v) is 5.36. The van der Waals surface area contributed by atoms with Crippen LogP contribution in [0.5, 0.6) is 23.0 Å². The largest absolute Gasteiger partial charge is 0.493 e. The fourth-order valence-electron chi connectivity index (χ4n) is 2.52. The van der Waals surface area contributed by atoms with E-state index in [4.69, 9.17) is 18.9 Å². The molecule has 0 fully saturated rings. The Hall–Kier alpha value is -3.09. The average Bonchev–Trinajstić information content (AvgIpc) is 2.67. The van der Waals surface area contributed by atoms with E-state index in [9.17, 15) is 4.79 Å². The summed E-state index contributed by atoms with van der Waals surface area (Å²) in [6.45, 7) is 0.946. The molecule has 7 heteroatoms. The van der Waals surface area contributed by atoms with Crippen LogP contribution in [0.25, 0.3) is 0 Å². The molecule has 1 aliphatic rings. The van der Waals surface area contributed by atoms with Crippen LogP contribution in [0.15, 0.2) is 36.4 Å². The highest BCUT2D eigenvalue weighted by molar-refractivity contribution is 6.02. The van der Waals surface area contributed by atoms with Crippen LogP contribution in [0.2, 0.25) is 0 Å². The number of carbonyl (C=O) groups is 1. The summed E-state index contributed by atoms with van der Waals surface area (Å²) in [5, 5.41) is 2.84. The molecule has 1 aliphatic heterocycles. The number of hydrogen-bond donors (Lipinski definition) is 1. The number of rotatable bonds is 4. The zero-order valence-corrected chi connectivity index (χ0v) is 14.4. The molecule has 0 saturated heterocycles. The molecule has 2 aromatic rings. The van der Waals surface area contributed by atoms with Gasteiger partial charge in [-0.05, 0) is 24.3 Å². The van der Waals surface area contributed by atoms with Crippen molar-refractivity contribution < 1.29 is 23.7 Å². The number of anilines is 2. The number of benzene rings is 2. The maximum Gasteiger partial charge on any atom is 0.326 e. The summed E-state index contributed by atoms with van der Waals surface area (Å²) in [6, 6.07) is 10.3. The van der Waals surface area contributed by atoms with E-state index in [0.29, 0.717) is 47.6 Å². The van der Waals surface area contributed by atoms with Crippen molar-refractivity contribution in [3.63, 3.8) is 0 Å². The molecule has 2 aromatic carbocycles. The van der Waals surface area contributed by atoms with Crippen LogP contribution in [-0.2, 0) is 0 Å². The van der Waals surface area contributed by atoms with Crippen molar-refractivity contribution in [1.29, 1.82) is 0 Å². The van der Waals surface area contributed by atoms with Gasteiger partial charge in [-0.25, -0.2) is 4.79 Å². The van der Waals surface area contributed by atoms with Gasteiger partial charge in [0.15, 0.2) is 23.0 Å². The minimum absolute atomic E-state index is 0.310. The highest BCUT2D eigenvalue weighted by Crippen LogP contribution is 2.37. The molecule has 0 aromatic heterocycles. The van der Waals surface area contributed by atoms with Gasteiger partial charge >= 0.3 is 6.03 Å². The van der Waals surface area contributed by atoms with E-state index in [0.717, 1.165) is 0 Å². The number of fused-ring (bicyclic) bond motifs is 1. The molecule has 0 unspecified atom stereocenters. The lowest BCUT2D eigenvalue weighted by atomic mass is 10.2. The molecule has 1 heterocycles. The molecule has 2 amide bonds. The van der Waals surface area contributed by atoms with Crippen LogP contribution in [0.3, 0.4) is 0 Å². The third-order valence-electron chi connectivity index (χ3n) is 3.87. The molecule has 25 heavy (non-hydrogen) atoms. The van der Waals surface area contributed by atoms with Crippen molar-refractivity contribution in [3.8, 4) is 23.0 Å². The number of methoxy groups -OCH3 is 2. The van der Waals surface area contributed by atoms with E-state index in [1.807, 2.05) is 6.07 Å². The molecule has 0 spiro atoms. The molecule has 7 nitrogen and oxygen atoms in total. The molecule has 0 saturated carbocycles. The quantitative estimate of drug-likeness (QED) is 0.923. The number of amides is 2. The summed E-state index contributed by atoms with van der Waals surface area (Å²) in [6.07, 6.45) is 0. The first-order valence-corrected chi connectivity index (χ1v) is 7.79. The summed E-state index contributed by atoms with van der Waals surface area (Å²) in [5.41, 5.74) is 1.23. The zero-order valence-electron chi connectivity index (χ0n) is 14.4. The van der Waals surface area contributed by atoms with Gasteiger partial charge < -0.3 is 24.3 Å². The molecule has 1 N–H and O–H groups in total. The van der Waals surface area contributed by atoms with Crippen molar-refractivity contribution in [3.05, 3.63) is 36.4 Å². The normalized spacial score (nSPS) is 12.3. The smallest absolute Gasteiger partial charge is 0.326 e. The van der Waals surface area contributed by atoms with Gasteiger partial charge in [0.1, 0.15) is 13.2 Å². The lowest BCUT2D eigenvalue weighted by Gasteiger charge is -2.23. The highest BCUT2D eigenvalue weighted by atomic mass is 16.6. The Morgan fingerprint density at radius 3 is 2.60 bits per heavy atom. The van der Waals surface area contributed by atoms with E-state index in [-0.39, 0.29) is 6.03 Å². The second-order valence-electron chi connectivity index (χ2n) is 5.36. The lowest BCUT2D eigenvalue weighted by Crippen LogP contribution is -2.31. The summed E-state index contributed by atoms with van der Waals surface area (Å²) in [7, 11) is 4.78. The van der Waals surface area contributed by atoms with Crippen LogP contribution in [0.1, 0.15) is 0 Å². The molecule has 0 atom stereocenters. The van der Waals surface area contributed by atoms with Crippen molar-refractivity contribution in [2.45, 2.75) is 0 Å². The van der Waals surface area contributed by atoms with Gasteiger partial charge in [0.05, 0.1) is 19.9 Å². The molecule has 0 radical (unpaired) electrons. The second kappa shape index (κ2) is 7.21. The van der Waals surface area contributed by atoms with Crippen LogP contribution < -0.4 is 29.2 Å². The fraction of sp³-hybridized carbons (Fsp3) is 0.278. The van der Waals surface area contributed by atoms with Crippen molar-refractivity contribution >= 4 is 17.4 Å². The van der Waals surface area contributed by atoms with E-state index in [1.165, 1.54) is 4.90 Å². The third-order valence-corrected chi connectivity index (χ3v) is 3.87. The Morgan fingerprint density at radius 1 is 1.08 bits per heavy atom. The number of carbonyl (C=O) groups excluding carboxylic acids is 1. The predicted octanol–water partition coefficient (Wildman–Crippen LogP) is 3.14. The molecular formula is C18H20N2O5. The molecule has 0 aliphatic carbocycles. The van der Waals surface area contributed by atoms with Crippen LogP contribution in [-0.4, -0.2) is 40.5 Å². The number of urea groups is 1. The number of ether oxygens (including phenoxy) is 4. The number of para-hydroxylation sites is 1. The Morgan fingerprint density at radius 2 is 1.84 bits per heavy atom. The monoisotopic (exact) mass is 344 g/mol. The van der Waals surface area contributed by atoms with Gasteiger partial charge in [0.25, 0.3) is 0 Å². The SMILES string of the molecule is COc1ccc(N(C)C(=O)Nc2cccc3c2OCCO3)cc1OC. The predicted molar refractivity (Wildman–Crippen MR) is 94.4 cm³/mol. The minimum atomic E-state index is -0.310. The van der Waals surface area contributed by atoms with Crippen LogP contribution in [0.4, 0.5) is 16.2 Å². The van der Waals surface area contributed by atoms with Gasteiger partial charge in [0.2, 0.25) is 0 Å². The highest BCUT2D eigenvalue weighted by Gasteiger charge is 2.19. The molecule has 3 rings (SSSR count). The summed E-state index contributed by atoms with van der Waals surface area (Å²) >= 11 is 0. The van der Waals surface area contributed by atoms with Crippen molar-refractivity contribution in [1.82, 2.24) is 0 Å². The summed E-state index contributed by atoms with van der Waals surface area (Å²) in [4.78, 5) is 14.1. The zero-order chi connectivity index (χ0) is 17.8. The fourth-order valence-corrected chi connectivity index (χ4v) is 2.52. The van der Waals surface area contributed by atoms with Gasteiger partial charge in [-0.1, -0.05) is 6.07 Å². The van der Waals surface area contributed by atoms with E-state index in [2.05, 4.69) is 5.32 Å². The standard InChI is InChI=1S/C18H20N2O5/c1-20(12-7-8-14(22-2)16(11-12)23-3)18(21)19-13-5-4-6-15-17(13)25-10-9-24-15/h4-8,11H,9-10H2,1-3H3,(H,19,21). The Kier molecular flexibility index (Phi) is 4.83. The summed E-state index contributed by atoms with van der Waals surface area (Å²) in [5.74, 6) is 2.32. The Bertz CT molecular complexity index is 778. The molecular weight excluding hydrogens is 324 g/mol. The van der Waals surface area contributed by atoms with Crippen molar-refractivity contribution in [2.24, 2.45) is 0 Å². The third kappa shape index (κ3) is 3.40. The number of nitrogens with zero attached hydrogens (tertiary/aromatic N) is 1. The first-order chi connectivity index (χ1) is 12.1. The molecule has 0 bridgehead atoms. The summed E-state index contributed by atoms with van der Waals surface area (Å²) < 4.78 is 21.6. The van der Waals surface area contributed by atoms with Crippen LogP contribution >= 0.6 is 0 Å². The van der Waals surface area contributed by atoms with Gasteiger partial charge in [-0.15, -0.1) is 0 Å². The average molecular weight is 344 g/mol. The first-order valence-electron chi connectivity index (χ1n) is 7.79. The van der Waals surface area contributed by atoms with Crippen LogP contribution in [0, 0.1) is 0 Å².